The summed E-state index contributed by atoms with van der Waals surface area (Å²) in [6, 6.07) is 5.69. The lowest BCUT2D eigenvalue weighted by Gasteiger charge is -2.16. The van der Waals surface area contributed by atoms with Gasteiger partial charge in [0, 0.05) is 13.0 Å². The molecule has 1 aromatic carbocycles. The molecule has 0 saturated carbocycles. The molecule has 0 heterocycles. The SMILES string of the molecule is Cc1ccc(OC(C)C(=O)NCCCCCC(=O)O)c(Br)c1. The van der Waals surface area contributed by atoms with Crippen molar-refractivity contribution in [3.05, 3.63) is 28.2 Å². The fourth-order valence-electron chi connectivity index (χ4n) is 1.88. The standard InChI is InChI=1S/C16H22BrNO4/c1-11-7-8-14(13(17)10-11)22-12(2)16(21)18-9-5-3-4-6-15(19)20/h7-8,10,12H,3-6,9H2,1-2H3,(H,18,21)(H,19,20). The molecule has 5 nitrogen and oxygen atoms in total. The predicted octanol–water partition coefficient (Wildman–Crippen LogP) is 3.29. The fourth-order valence-corrected chi connectivity index (χ4v) is 2.47. The minimum absolute atomic E-state index is 0.175. The average Bonchev–Trinajstić information content (AvgIpc) is 2.45. The third-order valence-corrected chi connectivity index (χ3v) is 3.75. The maximum absolute atomic E-state index is 11.9. The Balaban J connectivity index is 2.28. The highest BCUT2D eigenvalue weighted by atomic mass is 79.9. The molecule has 1 aromatic rings. The molecule has 0 aromatic heterocycles. The second-order valence-corrected chi connectivity index (χ2v) is 6.04. The molecular formula is C16H22BrNO4. The Kier molecular flexibility index (Phi) is 7.95. The van der Waals surface area contributed by atoms with Crippen LogP contribution in [-0.2, 0) is 9.59 Å². The van der Waals surface area contributed by atoms with Crippen molar-refractivity contribution in [3.8, 4) is 5.75 Å². The smallest absolute Gasteiger partial charge is 0.303 e. The first-order valence-electron chi connectivity index (χ1n) is 7.32. The van der Waals surface area contributed by atoms with Crippen LogP contribution in [0.3, 0.4) is 0 Å². The van der Waals surface area contributed by atoms with Crippen LogP contribution in [0.4, 0.5) is 0 Å². The van der Waals surface area contributed by atoms with Gasteiger partial charge in [-0.15, -0.1) is 0 Å². The quantitative estimate of drug-likeness (QED) is 0.653. The summed E-state index contributed by atoms with van der Waals surface area (Å²) in [4.78, 5) is 22.3. The summed E-state index contributed by atoms with van der Waals surface area (Å²) in [6.07, 6.45) is 1.77. The van der Waals surface area contributed by atoms with Gasteiger partial charge in [0.1, 0.15) is 5.75 Å². The molecule has 0 radical (unpaired) electrons. The third-order valence-electron chi connectivity index (χ3n) is 3.13. The number of rotatable bonds is 9. The molecular weight excluding hydrogens is 350 g/mol. The number of unbranched alkanes of at least 4 members (excludes halogenated alkanes) is 2. The second kappa shape index (κ2) is 9.46. The number of ether oxygens (including phenoxy) is 1. The molecule has 122 valence electrons. The van der Waals surface area contributed by atoms with Gasteiger partial charge in [0.25, 0.3) is 5.91 Å². The van der Waals surface area contributed by atoms with Gasteiger partial charge in [-0.25, -0.2) is 0 Å². The van der Waals surface area contributed by atoms with Crippen LogP contribution < -0.4 is 10.1 Å². The minimum Gasteiger partial charge on any atom is -0.481 e. The Morgan fingerprint density at radius 2 is 2.05 bits per heavy atom. The molecule has 1 atom stereocenters. The Bertz CT molecular complexity index is 519. The van der Waals surface area contributed by atoms with E-state index in [0.29, 0.717) is 18.7 Å². The summed E-state index contributed by atoms with van der Waals surface area (Å²) in [5, 5.41) is 11.3. The van der Waals surface area contributed by atoms with Gasteiger partial charge in [0.05, 0.1) is 4.47 Å². The van der Waals surface area contributed by atoms with Crippen molar-refractivity contribution in [1.82, 2.24) is 5.32 Å². The molecule has 22 heavy (non-hydrogen) atoms. The summed E-state index contributed by atoms with van der Waals surface area (Å²) >= 11 is 3.41. The van der Waals surface area contributed by atoms with E-state index in [2.05, 4.69) is 21.2 Å². The molecule has 0 fully saturated rings. The number of halogens is 1. The lowest BCUT2D eigenvalue weighted by Crippen LogP contribution is -2.36. The van der Waals surface area contributed by atoms with Gasteiger partial charge in [-0.2, -0.15) is 0 Å². The number of carboxylic acids is 1. The van der Waals surface area contributed by atoms with E-state index in [0.717, 1.165) is 22.9 Å². The average molecular weight is 372 g/mol. The number of hydrogen-bond acceptors (Lipinski definition) is 3. The summed E-state index contributed by atoms with van der Waals surface area (Å²) < 4.78 is 6.46. The number of benzene rings is 1. The zero-order chi connectivity index (χ0) is 16.5. The highest BCUT2D eigenvalue weighted by Crippen LogP contribution is 2.26. The molecule has 0 bridgehead atoms. The summed E-state index contributed by atoms with van der Waals surface area (Å²) in [7, 11) is 0. The van der Waals surface area contributed by atoms with E-state index in [-0.39, 0.29) is 12.3 Å². The molecule has 0 aliphatic carbocycles. The Morgan fingerprint density at radius 3 is 2.68 bits per heavy atom. The molecule has 1 unspecified atom stereocenters. The lowest BCUT2D eigenvalue weighted by atomic mass is 10.2. The Morgan fingerprint density at radius 1 is 1.32 bits per heavy atom. The van der Waals surface area contributed by atoms with Gasteiger partial charge in [0.2, 0.25) is 0 Å². The van der Waals surface area contributed by atoms with E-state index in [1.54, 1.807) is 6.92 Å². The van der Waals surface area contributed by atoms with Gasteiger partial charge < -0.3 is 15.2 Å². The summed E-state index contributed by atoms with van der Waals surface area (Å²) in [5.74, 6) is -0.324. The number of carbonyl (C=O) groups is 2. The van der Waals surface area contributed by atoms with Crippen molar-refractivity contribution in [3.63, 3.8) is 0 Å². The largest absolute Gasteiger partial charge is 0.481 e. The highest BCUT2D eigenvalue weighted by Gasteiger charge is 2.15. The molecule has 2 N–H and O–H groups in total. The normalized spacial score (nSPS) is 11.8. The maximum atomic E-state index is 11.9. The minimum atomic E-state index is -0.783. The van der Waals surface area contributed by atoms with Crippen LogP contribution in [0.5, 0.6) is 5.75 Å². The Labute approximate surface area is 139 Å². The molecule has 0 spiro atoms. The number of hydrogen-bond donors (Lipinski definition) is 2. The highest BCUT2D eigenvalue weighted by molar-refractivity contribution is 9.10. The number of amides is 1. The van der Waals surface area contributed by atoms with Crippen LogP contribution in [0.15, 0.2) is 22.7 Å². The van der Waals surface area contributed by atoms with E-state index in [1.165, 1.54) is 0 Å². The molecule has 1 amide bonds. The van der Waals surface area contributed by atoms with Crippen LogP contribution in [0.1, 0.15) is 38.2 Å². The van der Waals surface area contributed by atoms with Crippen LogP contribution in [0, 0.1) is 6.92 Å². The molecule has 1 rings (SSSR count). The first-order valence-corrected chi connectivity index (χ1v) is 8.11. The van der Waals surface area contributed by atoms with E-state index >= 15 is 0 Å². The molecule has 0 aliphatic heterocycles. The van der Waals surface area contributed by atoms with Crippen molar-refractivity contribution >= 4 is 27.8 Å². The predicted molar refractivity (Wildman–Crippen MR) is 88.1 cm³/mol. The van der Waals surface area contributed by atoms with Crippen molar-refractivity contribution in [2.24, 2.45) is 0 Å². The maximum Gasteiger partial charge on any atom is 0.303 e. The second-order valence-electron chi connectivity index (χ2n) is 5.19. The molecule has 0 aliphatic rings. The van der Waals surface area contributed by atoms with Crippen LogP contribution in [-0.4, -0.2) is 29.6 Å². The van der Waals surface area contributed by atoms with E-state index < -0.39 is 12.1 Å². The van der Waals surface area contributed by atoms with Crippen molar-refractivity contribution in [2.75, 3.05) is 6.54 Å². The third kappa shape index (κ3) is 6.93. The van der Waals surface area contributed by atoms with Crippen molar-refractivity contribution in [1.29, 1.82) is 0 Å². The van der Waals surface area contributed by atoms with Gasteiger partial charge in [-0.3, -0.25) is 9.59 Å². The number of aryl methyl sites for hydroxylation is 1. The number of carbonyl (C=O) groups excluding carboxylic acids is 1. The fraction of sp³-hybridized carbons (Fsp3) is 0.500. The van der Waals surface area contributed by atoms with Crippen LogP contribution in [0.2, 0.25) is 0 Å². The zero-order valence-corrected chi connectivity index (χ0v) is 14.5. The van der Waals surface area contributed by atoms with Crippen molar-refractivity contribution < 1.29 is 19.4 Å². The Hall–Kier alpha value is -1.56. The molecule has 6 heteroatoms. The topological polar surface area (TPSA) is 75.6 Å². The number of carboxylic acid groups (broad SMARTS) is 1. The van der Waals surface area contributed by atoms with Crippen LogP contribution in [0.25, 0.3) is 0 Å². The van der Waals surface area contributed by atoms with Gasteiger partial charge >= 0.3 is 5.97 Å². The number of nitrogens with one attached hydrogen (secondary N) is 1. The van der Waals surface area contributed by atoms with E-state index in [9.17, 15) is 9.59 Å². The van der Waals surface area contributed by atoms with Gasteiger partial charge in [-0.1, -0.05) is 12.5 Å². The zero-order valence-electron chi connectivity index (χ0n) is 12.9. The van der Waals surface area contributed by atoms with Gasteiger partial charge in [-0.05, 0) is 60.3 Å². The first kappa shape index (κ1) is 18.5. The van der Waals surface area contributed by atoms with E-state index in [4.69, 9.17) is 9.84 Å². The van der Waals surface area contributed by atoms with Gasteiger partial charge in [0.15, 0.2) is 6.10 Å². The first-order chi connectivity index (χ1) is 10.4. The molecule has 0 saturated heterocycles. The monoisotopic (exact) mass is 371 g/mol. The lowest BCUT2D eigenvalue weighted by molar-refractivity contribution is -0.137. The summed E-state index contributed by atoms with van der Waals surface area (Å²) in [5.41, 5.74) is 1.11. The van der Waals surface area contributed by atoms with Crippen LogP contribution >= 0.6 is 15.9 Å². The van der Waals surface area contributed by atoms with E-state index in [1.807, 2.05) is 25.1 Å². The summed E-state index contributed by atoms with van der Waals surface area (Å²) in [6.45, 7) is 4.21. The number of aliphatic carboxylic acids is 1. The van der Waals surface area contributed by atoms with Crippen molar-refractivity contribution in [2.45, 2.75) is 45.6 Å².